The van der Waals surface area contributed by atoms with Crippen LogP contribution in [-0.4, -0.2) is 21.9 Å². The monoisotopic (exact) mass is 218 g/mol. The van der Waals surface area contributed by atoms with Crippen LogP contribution in [0.1, 0.15) is 5.69 Å². The molecule has 0 atom stereocenters. The molecule has 5 heteroatoms. The maximum Gasteiger partial charge on any atom is 0.213 e. The van der Waals surface area contributed by atoms with Gasteiger partial charge in [0.05, 0.1) is 31.2 Å². The molecule has 0 aliphatic heterocycles. The van der Waals surface area contributed by atoms with E-state index >= 15 is 0 Å². The van der Waals surface area contributed by atoms with Gasteiger partial charge in [-0.3, -0.25) is 4.68 Å². The molecule has 0 radical (unpaired) electrons. The van der Waals surface area contributed by atoms with Crippen LogP contribution in [-0.2, 0) is 13.6 Å². The van der Waals surface area contributed by atoms with Crippen molar-refractivity contribution in [3.8, 4) is 5.88 Å². The first-order valence-corrected chi connectivity index (χ1v) is 5.00. The molecular weight excluding hydrogens is 204 g/mol. The van der Waals surface area contributed by atoms with E-state index in [9.17, 15) is 0 Å². The van der Waals surface area contributed by atoms with Crippen LogP contribution in [0.15, 0.2) is 30.6 Å². The van der Waals surface area contributed by atoms with Gasteiger partial charge in [-0.2, -0.15) is 5.10 Å². The third-order valence-electron chi connectivity index (χ3n) is 2.19. The highest BCUT2D eigenvalue weighted by Gasteiger charge is 1.98. The van der Waals surface area contributed by atoms with Crippen LogP contribution >= 0.6 is 0 Å². The SMILES string of the molecule is COc1ccc(NCc2ccn(C)n2)cn1. The van der Waals surface area contributed by atoms with Crippen molar-refractivity contribution in [1.82, 2.24) is 14.8 Å². The second kappa shape index (κ2) is 4.65. The molecule has 0 unspecified atom stereocenters. The lowest BCUT2D eigenvalue weighted by molar-refractivity contribution is 0.398. The molecule has 2 aromatic heterocycles. The fourth-order valence-corrected chi connectivity index (χ4v) is 1.36. The molecule has 0 fully saturated rings. The summed E-state index contributed by atoms with van der Waals surface area (Å²) in [5.41, 5.74) is 1.95. The summed E-state index contributed by atoms with van der Waals surface area (Å²) in [6.45, 7) is 0.689. The van der Waals surface area contributed by atoms with E-state index in [1.54, 1.807) is 18.0 Å². The Morgan fingerprint density at radius 2 is 2.25 bits per heavy atom. The first kappa shape index (κ1) is 10.5. The summed E-state index contributed by atoms with van der Waals surface area (Å²) in [4.78, 5) is 4.10. The molecular formula is C11H14N4O. The average molecular weight is 218 g/mol. The third-order valence-corrected chi connectivity index (χ3v) is 2.19. The molecule has 0 aliphatic carbocycles. The van der Waals surface area contributed by atoms with E-state index in [1.807, 2.05) is 31.4 Å². The molecule has 84 valence electrons. The highest BCUT2D eigenvalue weighted by molar-refractivity contribution is 5.42. The van der Waals surface area contributed by atoms with Gasteiger partial charge in [-0.05, 0) is 12.1 Å². The third kappa shape index (κ3) is 2.50. The van der Waals surface area contributed by atoms with Gasteiger partial charge in [0.1, 0.15) is 0 Å². The van der Waals surface area contributed by atoms with Crippen LogP contribution in [0.25, 0.3) is 0 Å². The van der Waals surface area contributed by atoms with Crippen LogP contribution < -0.4 is 10.1 Å². The molecule has 0 aromatic carbocycles. The number of anilines is 1. The molecule has 0 bridgehead atoms. The number of aromatic nitrogens is 3. The van der Waals surface area contributed by atoms with Crippen molar-refractivity contribution >= 4 is 5.69 Å². The maximum absolute atomic E-state index is 4.98. The van der Waals surface area contributed by atoms with Gasteiger partial charge in [-0.15, -0.1) is 0 Å². The van der Waals surface area contributed by atoms with E-state index in [-0.39, 0.29) is 0 Å². The normalized spacial score (nSPS) is 10.1. The predicted octanol–water partition coefficient (Wildman–Crippen LogP) is 1.44. The van der Waals surface area contributed by atoms with E-state index in [4.69, 9.17) is 4.74 Å². The second-order valence-corrected chi connectivity index (χ2v) is 3.42. The zero-order valence-electron chi connectivity index (χ0n) is 9.34. The van der Waals surface area contributed by atoms with E-state index in [0.29, 0.717) is 12.4 Å². The van der Waals surface area contributed by atoms with Gasteiger partial charge in [0, 0.05) is 19.3 Å². The van der Waals surface area contributed by atoms with Gasteiger partial charge >= 0.3 is 0 Å². The van der Waals surface area contributed by atoms with Gasteiger partial charge in [0.15, 0.2) is 0 Å². The lowest BCUT2D eigenvalue weighted by Crippen LogP contribution is -2.01. The standard InChI is InChI=1S/C11H14N4O/c1-15-6-5-10(14-15)8-12-9-3-4-11(16-2)13-7-9/h3-7,12H,8H2,1-2H3. The van der Waals surface area contributed by atoms with Crippen LogP contribution in [0.3, 0.4) is 0 Å². The minimum Gasteiger partial charge on any atom is -0.481 e. The molecule has 0 aliphatic rings. The predicted molar refractivity (Wildman–Crippen MR) is 61.3 cm³/mol. The summed E-state index contributed by atoms with van der Waals surface area (Å²) in [6.07, 6.45) is 3.66. The second-order valence-electron chi connectivity index (χ2n) is 3.42. The molecule has 2 heterocycles. The number of pyridine rings is 1. The first-order chi connectivity index (χ1) is 7.78. The minimum atomic E-state index is 0.614. The molecule has 5 nitrogen and oxygen atoms in total. The lowest BCUT2D eigenvalue weighted by atomic mass is 10.4. The Balaban J connectivity index is 1.94. The summed E-state index contributed by atoms with van der Waals surface area (Å²) < 4.78 is 6.76. The van der Waals surface area contributed by atoms with Crippen LogP contribution in [0.2, 0.25) is 0 Å². The van der Waals surface area contributed by atoms with Crippen molar-refractivity contribution in [2.24, 2.45) is 7.05 Å². The van der Waals surface area contributed by atoms with E-state index in [1.165, 1.54) is 0 Å². The fourth-order valence-electron chi connectivity index (χ4n) is 1.36. The summed E-state index contributed by atoms with van der Waals surface area (Å²) >= 11 is 0. The van der Waals surface area contributed by atoms with Gasteiger partial charge in [-0.1, -0.05) is 0 Å². The van der Waals surface area contributed by atoms with Crippen LogP contribution in [0.4, 0.5) is 5.69 Å². The van der Waals surface area contributed by atoms with E-state index in [0.717, 1.165) is 11.4 Å². The number of hydrogen-bond acceptors (Lipinski definition) is 4. The highest BCUT2D eigenvalue weighted by atomic mass is 16.5. The number of aryl methyl sites for hydroxylation is 1. The smallest absolute Gasteiger partial charge is 0.213 e. The zero-order valence-corrected chi connectivity index (χ0v) is 9.34. The largest absolute Gasteiger partial charge is 0.481 e. The number of methoxy groups -OCH3 is 1. The number of ether oxygens (including phenoxy) is 1. The van der Waals surface area contributed by atoms with Crippen LogP contribution in [0.5, 0.6) is 5.88 Å². The number of rotatable bonds is 4. The molecule has 0 spiro atoms. The molecule has 2 rings (SSSR count). The summed E-state index contributed by atoms with van der Waals surface area (Å²) in [6, 6.07) is 5.72. The van der Waals surface area contributed by atoms with Gasteiger partial charge in [-0.25, -0.2) is 4.98 Å². The highest BCUT2D eigenvalue weighted by Crippen LogP contribution is 2.11. The Bertz CT molecular complexity index is 449. The molecule has 1 N–H and O–H groups in total. The number of hydrogen-bond donors (Lipinski definition) is 1. The molecule has 16 heavy (non-hydrogen) atoms. The minimum absolute atomic E-state index is 0.614. The fraction of sp³-hybridized carbons (Fsp3) is 0.273. The van der Waals surface area contributed by atoms with Crippen molar-refractivity contribution in [3.05, 3.63) is 36.3 Å². The molecule has 0 saturated heterocycles. The quantitative estimate of drug-likeness (QED) is 0.843. The first-order valence-electron chi connectivity index (χ1n) is 5.00. The number of nitrogens with one attached hydrogen (secondary N) is 1. The van der Waals surface area contributed by atoms with Gasteiger partial charge in [0.25, 0.3) is 0 Å². The summed E-state index contributed by atoms with van der Waals surface area (Å²) in [7, 11) is 3.50. The van der Waals surface area contributed by atoms with E-state index < -0.39 is 0 Å². The lowest BCUT2D eigenvalue weighted by Gasteiger charge is -2.04. The Hall–Kier alpha value is -2.04. The van der Waals surface area contributed by atoms with E-state index in [2.05, 4.69) is 15.4 Å². The van der Waals surface area contributed by atoms with Gasteiger partial charge < -0.3 is 10.1 Å². The summed E-state index contributed by atoms with van der Waals surface area (Å²) in [5, 5.41) is 7.50. The average Bonchev–Trinajstić information content (AvgIpc) is 2.73. The zero-order chi connectivity index (χ0) is 11.4. The Morgan fingerprint density at radius 3 is 2.81 bits per heavy atom. The van der Waals surface area contributed by atoms with Crippen molar-refractivity contribution in [3.63, 3.8) is 0 Å². The number of nitrogens with zero attached hydrogens (tertiary/aromatic N) is 3. The molecule has 2 aromatic rings. The maximum atomic E-state index is 4.98. The van der Waals surface area contributed by atoms with Crippen LogP contribution in [0, 0.1) is 0 Å². The van der Waals surface area contributed by atoms with Crippen molar-refractivity contribution < 1.29 is 4.74 Å². The van der Waals surface area contributed by atoms with Crippen molar-refractivity contribution in [1.29, 1.82) is 0 Å². The van der Waals surface area contributed by atoms with Crippen molar-refractivity contribution in [2.75, 3.05) is 12.4 Å². The van der Waals surface area contributed by atoms with Crippen molar-refractivity contribution in [2.45, 2.75) is 6.54 Å². The Labute approximate surface area is 94.1 Å². The van der Waals surface area contributed by atoms with Gasteiger partial charge in [0.2, 0.25) is 5.88 Å². The Morgan fingerprint density at radius 1 is 1.38 bits per heavy atom. The Kier molecular flexibility index (Phi) is 3.05. The summed E-state index contributed by atoms with van der Waals surface area (Å²) in [5.74, 6) is 0.614. The molecule has 0 amide bonds. The molecule has 0 saturated carbocycles. The topological polar surface area (TPSA) is 52.0 Å².